The Labute approximate surface area is 81.7 Å². The van der Waals surface area contributed by atoms with Crippen LogP contribution in [-0.4, -0.2) is 17.1 Å². The van der Waals surface area contributed by atoms with Gasteiger partial charge in [-0.3, -0.25) is 4.79 Å². The fourth-order valence-corrected chi connectivity index (χ4v) is 1.14. The maximum atomic E-state index is 10.5. The van der Waals surface area contributed by atoms with E-state index in [-0.39, 0.29) is 6.42 Å². The van der Waals surface area contributed by atoms with E-state index < -0.39 is 18.1 Å². The van der Waals surface area contributed by atoms with Crippen LogP contribution >= 0.6 is 0 Å². The van der Waals surface area contributed by atoms with Crippen LogP contribution in [0.15, 0.2) is 16.5 Å². The summed E-state index contributed by atoms with van der Waals surface area (Å²) in [5, 5.41) is 8.57. The van der Waals surface area contributed by atoms with E-state index >= 15 is 0 Å². The first-order valence-electron chi connectivity index (χ1n) is 4.31. The highest BCUT2D eigenvalue weighted by Crippen LogP contribution is 2.17. The Balaban J connectivity index is 2.58. The van der Waals surface area contributed by atoms with Crippen LogP contribution in [-0.2, 0) is 4.79 Å². The summed E-state index contributed by atoms with van der Waals surface area (Å²) in [4.78, 5) is 10.5. The Morgan fingerprint density at radius 2 is 2.21 bits per heavy atom. The number of hydrogen-bond acceptors (Lipinski definition) is 4. The lowest BCUT2D eigenvalue weighted by Crippen LogP contribution is -2.33. The predicted molar refractivity (Wildman–Crippen MR) is 50.6 cm³/mol. The van der Waals surface area contributed by atoms with Crippen molar-refractivity contribution in [1.29, 1.82) is 0 Å². The molecule has 0 fully saturated rings. The summed E-state index contributed by atoms with van der Waals surface area (Å²) < 4.78 is 5.25. The van der Waals surface area contributed by atoms with Gasteiger partial charge in [-0.1, -0.05) is 0 Å². The molecule has 0 saturated heterocycles. The zero-order valence-corrected chi connectivity index (χ0v) is 7.93. The number of carbonyl (C=O) groups is 1. The van der Waals surface area contributed by atoms with Crippen LogP contribution in [0.1, 0.15) is 24.0 Å². The molecule has 0 amide bonds. The second kappa shape index (κ2) is 4.26. The second-order valence-electron chi connectivity index (χ2n) is 3.24. The van der Waals surface area contributed by atoms with Crippen LogP contribution in [0.4, 0.5) is 0 Å². The summed E-state index contributed by atoms with van der Waals surface area (Å²) in [5.74, 6) is 0.266. The number of aliphatic carboxylic acids is 1. The third kappa shape index (κ3) is 2.58. The first kappa shape index (κ1) is 10.7. The molecule has 2 atom stereocenters. The van der Waals surface area contributed by atoms with Gasteiger partial charge >= 0.3 is 5.97 Å². The number of furan rings is 1. The Kier molecular flexibility index (Phi) is 3.27. The van der Waals surface area contributed by atoms with Gasteiger partial charge in [-0.15, -0.1) is 0 Å². The zero-order valence-electron chi connectivity index (χ0n) is 7.93. The molecule has 5 N–H and O–H groups in total. The van der Waals surface area contributed by atoms with Crippen molar-refractivity contribution in [2.24, 2.45) is 11.5 Å². The zero-order chi connectivity index (χ0) is 10.7. The van der Waals surface area contributed by atoms with E-state index in [4.69, 9.17) is 21.0 Å². The third-order valence-corrected chi connectivity index (χ3v) is 1.95. The minimum atomic E-state index is -1.05. The smallest absolute Gasteiger partial charge is 0.320 e. The van der Waals surface area contributed by atoms with Gasteiger partial charge in [-0.25, -0.2) is 0 Å². The summed E-state index contributed by atoms with van der Waals surface area (Å²) in [6.45, 7) is 1.80. The molecule has 1 aromatic heterocycles. The van der Waals surface area contributed by atoms with Gasteiger partial charge in [0.1, 0.15) is 17.6 Å². The molecule has 0 spiro atoms. The highest BCUT2D eigenvalue weighted by atomic mass is 16.4. The Morgan fingerprint density at radius 3 is 2.64 bits per heavy atom. The van der Waals surface area contributed by atoms with Gasteiger partial charge < -0.3 is 21.0 Å². The van der Waals surface area contributed by atoms with E-state index in [2.05, 4.69) is 0 Å². The van der Waals surface area contributed by atoms with E-state index in [1.807, 2.05) is 0 Å². The highest BCUT2D eigenvalue weighted by Gasteiger charge is 2.18. The van der Waals surface area contributed by atoms with Crippen molar-refractivity contribution in [2.75, 3.05) is 0 Å². The summed E-state index contributed by atoms with van der Waals surface area (Å²) in [5.41, 5.74) is 11.1. The first-order chi connectivity index (χ1) is 6.50. The molecular weight excluding hydrogens is 184 g/mol. The van der Waals surface area contributed by atoms with E-state index in [0.717, 1.165) is 5.76 Å². The molecule has 5 nitrogen and oxygen atoms in total. The minimum Gasteiger partial charge on any atom is -0.480 e. The Morgan fingerprint density at radius 1 is 1.57 bits per heavy atom. The molecular formula is C9H14N2O3. The fraction of sp³-hybridized carbons (Fsp3) is 0.444. The van der Waals surface area contributed by atoms with Gasteiger partial charge in [-0.05, 0) is 25.5 Å². The van der Waals surface area contributed by atoms with E-state index in [9.17, 15) is 4.79 Å². The van der Waals surface area contributed by atoms with Crippen LogP contribution in [0.5, 0.6) is 0 Å². The lowest BCUT2D eigenvalue weighted by atomic mass is 10.1. The predicted octanol–water partition coefficient (Wildman–Crippen LogP) is 0.390. The molecule has 2 unspecified atom stereocenters. The third-order valence-electron chi connectivity index (χ3n) is 1.95. The van der Waals surface area contributed by atoms with Crippen LogP contribution in [0, 0.1) is 6.92 Å². The molecule has 0 aliphatic rings. The lowest BCUT2D eigenvalue weighted by molar-refractivity contribution is -0.138. The van der Waals surface area contributed by atoms with Crippen molar-refractivity contribution >= 4 is 5.97 Å². The molecule has 0 bridgehead atoms. The van der Waals surface area contributed by atoms with Crippen LogP contribution in [0.2, 0.25) is 0 Å². The van der Waals surface area contributed by atoms with E-state index in [1.165, 1.54) is 0 Å². The molecule has 1 rings (SSSR count). The number of aryl methyl sites for hydroxylation is 1. The molecule has 0 aliphatic carbocycles. The number of hydrogen-bond donors (Lipinski definition) is 3. The monoisotopic (exact) mass is 198 g/mol. The summed E-state index contributed by atoms with van der Waals surface area (Å²) in [6.07, 6.45) is 0.169. The van der Waals surface area contributed by atoms with Gasteiger partial charge in [0, 0.05) is 0 Å². The average molecular weight is 198 g/mol. The minimum absolute atomic E-state index is 0.169. The number of nitrogens with two attached hydrogens (primary N) is 2. The second-order valence-corrected chi connectivity index (χ2v) is 3.24. The molecule has 0 radical (unpaired) electrons. The quantitative estimate of drug-likeness (QED) is 0.649. The van der Waals surface area contributed by atoms with Crippen molar-refractivity contribution in [2.45, 2.75) is 25.4 Å². The fourth-order valence-electron chi connectivity index (χ4n) is 1.14. The lowest BCUT2D eigenvalue weighted by Gasteiger charge is -2.11. The Bertz CT molecular complexity index is 322. The number of carboxylic acids is 1. The molecule has 1 aromatic rings. The highest BCUT2D eigenvalue weighted by molar-refractivity contribution is 5.73. The van der Waals surface area contributed by atoms with Gasteiger partial charge in [0.15, 0.2) is 0 Å². The summed E-state index contributed by atoms with van der Waals surface area (Å²) in [6, 6.07) is 2.10. The van der Waals surface area contributed by atoms with Gasteiger partial charge in [0.05, 0.1) is 6.04 Å². The van der Waals surface area contributed by atoms with Crippen LogP contribution in [0.3, 0.4) is 0 Å². The van der Waals surface area contributed by atoms with Crippen molar-refractivity contribution < 1.29 is 14.3 Å². The molecule has 0 saturated carbocycles. The SMILES string of the molecule is Cc1ccc(C(N)CC(N)C(=O)O)o1. The van der Waals surface area contributed by atoms with Crippen molar-refractivity contribution in [3.63, 3.8) is 0 Å². The van der Waals surface area contributed by atoms with E-state index in [0.29, 0.717) is 5.76 Å². The van der Waals surface area contributed by atoms with Crippen molar-refractivity contribution in [3.05, 3.63) is 23.7 Å². The largest absolute Gasteiger partial charge is 0.480 e. The standard InChI is InChI=1S/C9H14N2O3/c1-5-2-3-8(14-5)6(10)4-7(11)9(12)13/h2-3,6-7H,4,10-11H2,1H3,(H,12,13). The van der Waals surface area contributed by atoms with Gasteiger partial charge in [-0.2, -0.15) is 0 Å². The molecule has 78 valence electrons. The Hall–Kier alpha value is -1.33. The van der Waals surface area contributed by atoms with Gasteiger partial charge in [0.2, 0.25) is 0 Å². The number of carboxylic acid groups (broad SMARTS) is 1. The summed E-state index contributed by atoms with van der Waals surface area (Å²) in [7, 11) is 0. The van der Waals surface area contributed by atoms with Crippen LogP contribution < -0.4 is 11.5 Å². The maximum absolute atomic E-state index is 10.5. The van der Waals surface area contributed by atoms with Crippen molar-refractivity contribution in [1.82, 2.24) is 0 Å². The van der Waals surface area contributed by atoms with Crippen molar-refractivity contribution in [3.8, 4) is 0 Å². The molecule has 1 heterocycles. The normalized spacial score (nSPS) is 15.1. The van der Waals surface area contributed by atoms with Crippen LogP contribution in [0.25, 0.3) is 0 Å². The van der Waals surface area contributed by atoms with Gasteiger partial charge in [0.25, 0.3) is 0 Å². The molecule has 0 aromatic carbocycles. The van der Waals surface area contributed by atoms with E-state index in [1.54, 1.807) is 19.1 Å². The molecule has 14 heavy (non-hydrogen) atoms. The average Bonchev–Trinajstić information content (AvgIpc) is 2.51. The molecule has 0 aliphatic heterocycles. The molecule has 5 heteroatoms. The first-order valence-corrected chi connectivity index (χ1v) is 4.31. The summed E-state index contributed by atoms with van der Waals surface area (Å²) >= 11 is 0. The topological polar surface area (TPSA) is 102 Å². The number of rotatable bonds is 4. The maximum Gasteiger partial charge on any atom is 0.320 e.